The van der Waals surface area contributed by atoms with Crippen LogP contribution < -0.4 is 4.74 Å². The molecule has 2 aromatic rings. The van der Waals surface area contributed by atoms with Crippen LogP contribution in [0.2, 0.25) is 0 Å². The summed E-state index contributed by atoms with van der Waals surface area (Å²) in [7, 11) is 0. The maximum Gasteiger partial charge on any atom is 0.119 e. The van der Waals surface area contributed by atoms with Crippen LogP contribution in [0, 0.1) is 0 Å². The fourth-order valence-electron chi connectivity index (χ4n) is 2.51. The lowest BCUT2D eigenvalue weighted by molar-refractivity contribution is 0.113. The topological polar surface area (TPSA) is 38.7 Å². The molecular weight excluding hydrogens is 300 g/mol. The van der Waals surface area contributed by atoms with Gasteiger partial charge in [0, 0.05) is 6.61 Å². The van der Waals surface area contributed by atoms with Gasteiger partial charge in [-0.25, -0.2) is 0 Å². The second kappa shape index (κ2) is 10.8. The zero-order chi connectivity index (χ0) is 17.0. The van der Waals surface area contributed by atoms with Crippen LogP contribution in [0.25, 0.3) is 0 Å². The molecule has 0 bridgehead atoms. The van der Waals surface area contributed by atoms with E-state index in [1.165, 1.54) is 5.56 Å². The Hall–Kier alpha value is -1.84. The Kier molecular flexibility index (Phi) is 8.36. The molecule has 1 unspecified atom stereocenters. The summed E-state index contributed by atoms with van der Waals surface area (Å²) in [4.78, 5) is 0. The van der Waals surface area contributed by atoms with Gasteiger partial charge in [0.15, 0.2) is 0 Å². The molecule has 0 radical (unpaired) electrons. The van der Waals surface area contributed by atoms with E-state index in [1.807, 2.05) is 42.5 Å². The number of hydrogen-bond acceptors (Lipinski definition) is 3. The van der Waals surface area contributed by atoms with Gasteiger partial charge in [-0.15, -0.1) is 0 Å². The van der Waals surface area contributed by atoms with Crippen molar-refractivity contribution in [2.45, 2.75) is 45.3 Å². The Morgan fingerprint density at radius 3 is 2.54 bits per heavy atom. The average molecular weight is 328 g/mol. The Labute approximate surface area is 145 Å². The standard InChI is InChI=1S/C21H28O3/c1-2-9-21(22)19-12-8-13-20(16-19)24-15-7-6-14-23-17-18-10-4-3-5-11-18/h3-5,8,10-13,16,21-22H,2,6-7,9,14-15,17H2,1H3. The van der Waals surface area contributed by atoms with Crippen molar-refractivity contribution < 1.29 is 14.6 Å². The fraction of sp³-hybridized carbons (Fsp3) is 0.429. The van der Waals surface area contributed by atoms with Gasteiger partial charge in [0.05, 0.1) is 19.3 Å². The first-order valence-corrected chi connectivity index (χ1v) is 8.82. The lowest BCUT2D eigenvalue weighted by atomic mass is 10.1. The van der Waals surface area contributed by atoms with Gasteiger partial charge in [-0.05, 0) is 42.5 Å². The first-order valence-electron chi connectivity index (χ1n) is 8.82. The number of rotatable bonds is 11. The van der Waals surface area contributed by atoms with Gasteiger partial charge >= 0.3 is 0 Å². The van der Waals surface area contributed by atoms with Crippen molar-refractivity contribution in [2.24, 2.45) is 0 Å². The Morgan fingerprint density at radius 1 is 0.958 bits per heavy atom. The van der Waals surface area contributed by atoms with E-state index in [4.69, 9.17) is 9.47 Å². The van der Waals surface area contributed by atoms with Crippen LogP contribution in [0.3, 0.4) is 0 Å². The molecule has 3 nitrogen and oxygen atoms in total. The zero-order valence-electron chi connectivity index (χ0n) is 14.5. The molecule has 0 aliphatic carbocycles. The second-order valence-corrected chi connectivity index (χ2v) is 5.97. The number of aliphatic hydroxyl groups is 1. The molecule has 1 atom stereocenters. The number of unbranched alkanes of at least 4 members (excludes halogenated alkanes) is 1. The van der Waals surface area contributed by atoms with Crippen molar-refractivity contribution in [1.82, 2.24) is 0 Å². The molecule has 130 valence electrons. The van der Waals surface area contributed by atoms with Gasteiger partial charge in [-0.3, -0.25) is 0 Å². The van der Waals surface area contributed by atoms with Crippen LogP contribution in [-0.2, 0) is 11.3 Å². The predicted octanol–water partition coefficient (Wildman–Crippen LogP) is 4.90. The van der Waals surface area contributed by atoms with Gasteiger partial charge in [0.25, 0.3) is 0 Å². The number of ether oxygens (including phenoxy) is 2. The summed E-state index contributed by atoms with van der Waals surface area (Å²) in [5.41, 5.74) is 2.14. The molecule has 0 aliphatic heterocycles. The molecule has 0 saturated carbocycles. The lowest BCUT2D eigenvalue weighted by Gasteiger charge is -2.12. The molecule has 0 aliphatic rings. The molecule has 0 aromatic heterocycles. The molecule has 0 amide bonds. The van der Waals surface area contributed by atoms with Crippen LogP contribution in [0.1, 0.15) is 49.8 Å². The third kappa shape index (κ3) is 6.73. The van der Waals surface area contributed by atoms with Crippen LogP contribution in [0.5, 0.6) is 5.75 Å². The quantitative estimate of drug-likeness (QED) is 0.597. The van der Waals surface area contributed by atoms with Gasteiger partial charge in [-0.2, -0.15) is 0 Å². The third-order valence-corrected chi connectivity index (χ3v) is 3.87. The minimum atomic E-state index is -0.398. The van der Waals surface area contributed by atoms with Crippen LogP contribution in [0.4, 0.5) is 0 Å². The van der Waals surface area contributed by atoms with E-state index in [0.29, 0.717) is 13.2 Å². The van der Waals surface area contributed by atoms with Gasteiger partial charge in [0.2, 0.25) is 0 Å². The highest BCUT2D eigenvalue weighted by atomic mass is 16.5. The molecule has 1 N–H and O–H groups in total. The van der Waals surface area contributed by atoms with E-state index in [2.05, 4.69) is 19.1 Å². The van der Waals surface area contributed by atoms with Gasteiger partial charge in [-0.1, -0.05) is 55.8 Å². The summed E-state index contributed by atoms with van der Waals surface area (Å²) in [6.45, 7) is 4.15. The SMILES string of the molecule is CCCC(O)c1cccc(OCCCCOCc2ccccc2)c1. The van der Waals surface area contributed by atoms with E-state index < -0.39 is 6.10 Å². The highest BCUT2D eigenvalue weighted by Gasteiger charge is 2.07. The fourth-order valence-corrected chi connectivity index (χ4v) is 2.51. The highest BCUT2D eigenvalue weighted by Crippen LogP contribution is 2.22. The molecule has 0 saturated heterocycles. The summed E-state index contributed by atoms with van der Waals surface area (Å²) in [6.07, 6.45) is 3.28. The van der Waals surface area contributed by atoms with Crippen molar-refractivity contribution in [1.29, 1.82) is 0 Å². The summed E-state index contributed by atoms with van der Waals surface area (Å²) >= 11 is 0. The van der Waals surface area contributed by atoms with Gasteiger partial charge < -0.3 is 14.6 Å². The predicted molar refractivity (Wildman–Crippen MR) is 97.1 cm³/mol. The minimum absolute atomic E-state index is 0.398. The number of benzene rings is 2. The van der Waals surface area contributed by atoms with Crippen LogP contribution in [0.15, 0.2) is 54.6 Å². The lowest BCUT2D eigenvalue weighted by Crippen LogP contribution is -2.02. The molecule has 0 heterocycles. The van der Waals surface area contributed by atoms with Crippen molar-refractivity contribution in [3.63, 3.8) is 0 Å². The average Bonchev–Trinajstić information content (AvgIpc) is 2.62. The molecule has 2 rings (SSSR count). The van der Waals surface area contributed by atoms with E-state index >= 15 is 0 Å². The van der Waals surface area contributed by atoms with E-state index in [0.717, 1.165) is 43.6 Å². The third-order valence-electron chi connectivity index (χ3n) is 3.87. The smallest absolute Gasteiger partial charge is 0.119 e. The first-order chi connectivity index (χ1) is 11.8. The van der Waals surface area contributed by atoms with Crippen molar-refractivity contribution >= 4 is 0 Å². The molecule has 0 fully saturated rings. The Morgan fingerprint density at radius 2 is 1.75 bits per heavy atom. The summed E-state index contributed by atoms with van der Waals surface area (Å²) in [5.74, 6) is 0.827. The monoisotopic (exact) mass is 328 g/mol. The first kappa shape index (κ1) is 18.5. The molecule has 2 aromatic carbocycles. The second-order valence-electron chi connectivity index (χ2n) is 5.97. The van der Waals surface area contributed by atoms with E-state index in [-0.39, 0.29) is 0 Å². The molecule has 0 spiro atoms. The van der Waals surface area contributed by atoms with Crippen LogP contribution >= 0.6 is 0 Å². The summed E-state index contributed by atoms with van der Waals surface area (Å²) in [6, 6.07) is 18.0. The number of aliphatic hydroxyl groups excluding tert-OH is 1. The minimum Gasteiger partial charge on any atom is -0.494 e. The summed E-state index contributed by atoms with van der Waals surface area (Å²) in [5, 5.41) is 10.0. The van der Waals surface area contributed by atoms with Crippen LogP contribution in [-0.4, -0.2) is 18.3 Å². The van der Waals surface area contributed by atoms with E-state index in [9.17, 15) is 5.11 Å². The summed E-state index contributed by atoms with van der Waals surface area (Å²) < 4.78 is 11.4. The zero-order valence-corrected chi connectivity index (χ0v) is 14.5. The van der Waals surface area contributed by atoms with E-state index in [1.54, 1.807) is 0 Å². The molecule has 24 heavy (non-hydrogen) atoms. The van der Waals surface area contributed by atoms with Gasteiger partial charge in [0.1, 0.15) is 5.75 Å². The normalized spacial score (nSPS) is 12.1. The van der Waals surface area contributed by atoms with Crippen molar-refractivity contribution in [2.75, 3.05) is 13.2 Å². The molecule has 3 heteroatoms. The number of hydrogen-bond donors (Lipinski definition) is 1. The Balaban J connectivity index is 1.59. The largest absolute Gasteiger partial charge is 0.494 e. The van der Waals surface area contributed by atoms with Crippen molar-refractivity contribution in [3.8, 4) is 5.75 Å². The Bertz CT molecular complexity index is 568. The molecular formula is C21H28O3. The maximum atomic E-state index is 10.0. The van der Waals surface area contributed by atoms with Crippen molar-refractivity contribution in [3.05, 3.63) is 65.7 Å². The maximum absolute atomic E-state index is 10.0. The highest BCUT2D eigenvalue weighted by molar-refractivity contribution is 5.29.